The third-order valence-corrected chi connectivity index (χ3v) is 3.09. The number of benzene rings is 1. The minimum absolute atomic E-state index is 0.0181. The molecule has 4 heteroatoms. The van der Waals surface area contributed by atoms with Crippen LogP contribution >= 0.6 is 0 Å². The molecule has 0 heterocycles. The molecule has 1 aliphatic rings. The first-order valence-corrected chi connectivity index (χ1v) is 5.83. The zero-order valence-corrected chi connectivity index (χ0v) is 10.0. The molecule has 4 nitrogen and oxygen atoms in total. The average molecular weight is 234 g/mol. The molecule has 0 spiro atoms. The van der Waals surface area contributed by atoms with E-state index in [4.69, 9.17) is 10.5 Å². The van der Waals surface area contributed by atoms with Crippen molar-refractivity contribution in [1.29, 1.82) is 0 Å². The summed E-state index contributed by atoms with van der Waals surface area (Å²) in [5.41, 5.74) is 6.57. The lowest BCUT2D eigenvalue weighted by Crippen LogP contribution is -2.33. The van der Waals surface area contributed by atoms with Gasteiger partial charge in [0, 0.05) is 6.54 Å². The molecule has 1 aromatic rings. The number of nitrogens with two attached hydrogens (primary N) is 1. The smallest absolute Gasteiger partial charge is 0.257 e. The van der Waals surface area contributed by atoms with Gasteiger partial charge < -0.3 is 15.8 Å². The molecule has 0 atom stereocenters. The van der Waals surface area contributed by atoms with E-state index >= 15 is 0 Å². The van der Waals surface area contributed by atoms with E-state index < -0.39 is 0 Å². The molecule has 0 aromatic heterocycles. The van der Waals surface area contributed by atoms with Gasteiger partial charge in [0.1, 0.15) is 5.75 Å². The van der Waals surface area contributed by atoms with E-state index in [1.54, 1.807) is 12.1 Å². The van der Waals surface area contributed by atoms with Crippen LogP contribution in [0.1, 0.15) is 19.8 Å². The van der Waals surface area contributed by atoms with Crippen LogP contribution in [0.3, 0.4) is 0 Å². The zero-order chi connectivity index (χ0) is 12.3. The highest BCUT2D eigenvalue weighted by molar-refractivity contribution is 5.77. The summed E-state index contributed by atoms with van der Waals surface area (Å²) in [6, 6.07) is 7.16. The molecule has 17 heavy (non-hydrogen) atoms. The summed E-state index contributed by atoms with van der Waals surface area (Å²) in [5, 5.41) is 2.87. The highest BCUT2D eigenvalue weighted by atomic mass is 16.5. The predicted molar refractivity (Wildman–Crippen MR) is 66.7 cm³/mol. The number of carbonyl (C=O) groups excluding carboxylic acids is 1. The predicted octanol–water partition coefficient (Wildman–Crippen LogP) is 1.56. The van der Waals surface area contributed by atoms with Gasteiger partial charge in [0.25, 0.3) is 5.91 Å². The third kappa shape index (κ3) is 3.37. The molecule has 0 unspecified atom stereocenters. The highest BCUT2D eigenvalue weighted by Crippen LogP contribution is 2.43. The number of amides is 1. The first-order chi connectivity index (χ1) is 8.09. The number of para-hydroxylation sites is 2. The fourth-order valence-corrected chi connectivity index (χ4v) is 1.51. The highest BCUT2D eigenvalue weighted by Gasteiger charge is 2.37. The molecule has 0 radical (unpaired) electrons. The molecule has 2 rings (SSSR count). The van der Waals surface area contributed by atoms with Gasteiger partial charge in [-0.1, -0.05) is 19.1 Å². The van der Waals surface area contributed by atoms with Crippen molar-refractivity contribution in [3.63, 3.8) is 0 Å². The number of hydrogen-bond donors (Lipinski definition) is 2. The number of hydrogen-bond acceptors (Lipinski definition) is 3. The second-order valence-electron chi connectivity index (χ2n) is 4.91. The van der Waals surface area contributed by atoms with Crippen LogP contribution in [-0.2, 0) is 4.79 Å². The fraction of sp³-hybridized carbons (Fsp3) is 0.462. The summed E-state index contributed by atoms with van der Waals surface area (Å²) in [6.45, 7) is 2.92. The van der Waals surface area contributed by atoms with Crippen LogP contribution in [0.5, 0.6) is 5.75 Å². The standard InChI is InChI=1S/C13H18N2O2/c1-13(6-7-13)9-15-12(16)8-17-11-5-3-2-4-10(11)14/h2-5H,6-9,14H2,1H3,(H,15,16). The summed E-state index contributed by atoms with van der Waals surface area (Å²) in [7, 11) is 0. The van der Waals surface area contributed by atoms with E-state index in [0.29, 0.717) is 16.9 Å². The van der Waals surface area contributed by atoms with Crippen molar-refractivity contribution in [1.82, 2.24) is 5.32 Å². The second-order valence-corrected chi connectivity index (χ2v) is 4.91. The van der Waals surface area contributed by atoms with Gasteiger partial charge in [-0.15, -0.1) is 0 Å². The Balaban J connectivity index is 1.74. The molecular formula is C13H18N2O2. The number of anilines is 1. The summed E-state index contributed by atoms with van der Waals surface area (Å²) < 4.78 is 5.35. The molecule has 1 aliphatic carbocycles. The average Bonchev–Trinajstić information content (AvgIpc) is 3.04. The van der Waals surface area contributed by atoms with Crippen LogP contribution in [0.4, 0.5) is 5.69 Å². The Morgan fingerprint density at radius 3 is 2.82 bits per heavy atom. The molecule has 1 saturated carbocycles. The van der Waals surface area contributed by atoms with Gasteiger partial charge in [0.2, 0.25) is 0 Å². The van der Waals surface area contributed by atoms with Crippen molar-refractivity contribution >= 4 is 11.6 Å². The minimum atomic E-state index is -0.0959. The third-order valence-electron chi connectivity index (χ3n) is 3.09. The van der Waals surface area contributed by atoms with Gasteiger partial charge in [0.15, 0.2) is 6.61 Å². The normalized spacial score (nSPS) is 16.3. The number of ether oxygens (including phenoxy) is 1. The van der Waals surface area contributed by atoms with Crippen LogP contribution in [0.25, 0.3) is 0 Å². The van der Waals surface area contributed by atoms with Gasteiger partial charge in [-0.2, -0.15) is 0 Å². The van der Waals surface area contributed by atoms with E-state index in [1.165, 1.54) is 12.8 Å². The SMILES string of the molecule is CC1(CNC(=O)COc2ccccc2N)CC1. The maximum atomic E-state index is 11.5. The quantitative estimate of drug-likeness (QED) is 0.760. The molecule has 1 aromatic carbocycles. The molecule has 3 N–H and O–H groups in total. The lowest BCUT2D eigenvalue weighted by atomic mass is 10.1. The number of nitrogen functional groups attached to an aromatic ring is 1. The number of carbonyl (C=O) groups is 1. The molecule has 0 bridgehead atoms. The number of rotatable bonds is 5. The topological polar surface area (TPSA) is 64.3 Å². The van der Waals surface area contributed by atoms with E-state index in [-0.39, 0.29) is 12.5 Å². The van der Waals surface area contributed by atoms with Gasteiger partial charge in [0.05, 0.1) is 5.69 Å². The Labute approximate surface area is 101 Å². The van der Waals surface area contributed by atoms with E-state index in [0.717, 1.165) is 6.54 Å². The Bertz CT molecular complexity index is 414. The summed E-state index contributed by atoms with van der Waals surface area (Å²) >= 11 is 0. The first kappa shape index (κ1) is 11.8. The number of nitrogens with one attached hydrogen (secondary N) is 1. The van der Waals surface area contributed by atoms with Crippen molar-refractivity contribution < 1.29 is 9.53 Å². The lowest BCUT2D eigenvalue weighted by molar-refractivity contribution is -0.123. The van der Waals surface area contributed by atoms with Gasteiger partial charge in [-0.3, -0.25) is 4.79 Å². The second kappa shape index (κ2) is 4.65. The Kier molecular flexibility index (Phi) is 3.22. The minimum Gasteiger partial charge on any atom is -0.482 e. The van der Waals surface area contributed by atoms with Crippen LogP contribution in [-0.4, -0.2) is 19.1 Å². The molecule has 92 valence electrons. The van der Waals surface area contributed by atoms with Crippen LogP contribution in [0.15, 0.2) is 24.3 Å². The van der Waals surface area contributed by atoms with Gasteiger partial charge in [-0.25, -0.2) is 0 Å². The summed E-state index contributed by atoms with van der Waals surface area (Å²) in [5.74, 6) is 0.460. The van der Waals surface area contributed by atoms with Crippen LogP contribution < -0.4 is 15.8 Å². The van der Waals surface area contributed by atoms with Gasteiger partial charge in [-0.05, 0) is 30.4 Å². The van der Waals surface area contributed by atoms with E-state index in [2.05, 4.69) is 12.2 Å². The Morgan fingerprint density at radius 1 is 1.47 bits per heavy atom. The van der Waals surface area contributed by atoms with Crippen molar-refractivity contribution in [2.24, 2.45) is 5.41 Å². The van der Waals surface area contributed by atoms with E-state index in [9.17, 15) is 4.79 Å². The van der Waals surface area contributed by atoms with E-state index in [1.807, 2.05) is 12.1 Å². The Hall–Kier alpha value is -1.71. The molecule has 1 amide bonds. The van der Waals surface area contributed by atoms with Crippen LogP contribution in [0, 0.1) is 5.41 Å². The summed E-state index contributed by atoms with van der Waals surface area (Å²) in [6.07, 6.45) is 2.39. The summed E-state index contributed by atoms with van der Waals surface area (Å²) in [4.78, 5) is 11.5. The molecule has 0 aliphatic heterocycles. The van der Waals surface area contributed by atoms with Crippen molar-refractivity contribution in [3.8, 4) is 5.75 Å². The van der Waals surface area contributed by atoms with Crippen molar-refractivity contribution in [3.05, 3.63) is 24.3 Å². The Morgan fingerprint density at radius 2 is 2.18 bits per heavy atom. The largest absolute Gasteiger partial charge is 0.482 e. The molecule has 1 fully saturated rings. The lowest BCUT2D eigenvalue weighted by Gasteiger charge is -2.11. The molecular weight excluding hydrogens is 216 g/mol. The maximum absolute atomic E-state index is 11.5. The first-order valence-electron chi connectivity index (χ1n) is 5.83. The van der Waals surface area contributed by atoms with Gasteiger partial charge >= 0.3 is 0 Å². The fourth-order valence-electron chi connectivity index (χ4n) is 1.51. The monoisotopic (exact) mass is 234 g/mol. The van der Waals surface area contributed by atoms with Crippen LogP contribution in [0.2, 0.25) is 0 Å². The maximum Gasteiger partial charge on any atom is 0.257 e. The zero-order valence-electron chi connectivity index (χ0n) is 10.0. The van der Waals surface area contributed by atoms with Crippen molar-refractivity contribution in [2.45, 2.75) is 19.8 Å². The molecule has 0 saturated heterocycles. The van der Waals surface area contributed by atoms with Crippen molar-refractivity contribution in [2.75, 3.05) is 18.9 Å².